The SMILES string of the molecule is CC(=O)CCCCC(=O)NCC#Cc1cn([C@@H]2O[C@H](COP(=O)([O-])OP(=O)([O-])OP(=O)([O-])[O-])[C@H]3OC(C)(C)O[C@H]32)c(=O)[nH]c1=O. The maximum atomic E-state index is 12.7. The molecule has 20 nitrogen and oxygen atoms in total. The predicted molar refractivity (Wildman–Crippen MR) is 139 cm³/mol. The number of H-pyrrole nitrogens is 1. The van der Waals surface area contributed by atoms with Crippen molar-refractivity contribution in [2.45, 2.75) is 76.8 Å². The second-order valence-electron chi connectivity index (χ2n) is 10.1. The predicted octanol–water partition coefficient (Wildman–Crippen LogP) is -2.61. The summed E-state index contributed by atoms with van der Waals surface area (Å²) in [5, 5.41) is 2.54. The van der Waals surface area contributed by atoms with Crippen LogP contribution in [0.15, 0.2) is 15.8 Å². The number of ether oxygens (including phenoxy) is 3. The minimum absolute atomic E-state index is 0.0205. The summed E-state index contributed by atoms with van der Waals surface area (Å²) in [5.41, 5.74) is -2.07. The third kappa shape index (κ3) is 11.5. The summed E-state index contributed by atoms with van der Waals surface area (Å²) in [7, 11) is -18.3. The molecule has 0 radical (unpaired) electrons. The Labute approximate surface area is 254 Å². The van der Waals surface area contributed by atoms with Crippen molar-refractivity contribution in [1.29, 1.82) is 0 Å². The van der Waals surface area contributed by atoms with Crippen molar-refractivity contribution in [2.75, 3.05) is 13.2 Å². The molecule has 0 aromatic carbocycles. The highest BCUT2D eigenvalue weighted by Gasteiger charge is 2.56. The number of phosphoric ester groups is 1. The van der Waals surface area contributed by atoms with E-state index in [1.165, 1.54) is 20.8 Å². The van der Waals surface area contributed by atoms with Crippen LogP contribution in [0, 0.1) is 11.8 Å². The summed E-state index contributed by atoms with van der Waals surface area (Å²) in [6.45, 7) is 3.28. The van der Waals surface area contributed by atoms with Gasteiger partial charge in [0.05, 0.1) is 21.0 Å². The van der Waals surface area contributed by atoms with Crippen LogP contribution in [0.3, 0.4) is 0 Å². The minimum atomic E-state index is -6.21. The van der Waals surface area contributed by atoms with Gasteiger partial charge in [-0.2, -0.15) is 0 Å². The van der Waals surface area contributed by atoms with Gasteiger partial charge in [0, 0.05) is 19.0 Å². The van der Waals surface area contributed by atoms with Crippen LogP contribution < -0.4 is 36.1 Å². The number of aromatic nitrogens is 2. The highest BCUT2D eigenvalue weighted by atomic mass is 31.3. The van der Waals surface area contributed by atoms with E-state index in [-0.39, 0.29) is 30.2 Å². The number of rotatable bonds is 14. The van der Waals surface area contributed by atoms with Crippen molar-refractivity contribution < 1.29 is 70.2 Å². The van der Waals surface area contributed by atoms with E-state index in [1.54, 1.807) is 0 Å². The van der Waals surface area contributed by atoms with E-state index in [1.807, 2.05) is 0 Å². The van der Waals surface area contributed by atoms with Crippen LogP contribution in [-0.2, 0) is 50.6 Å². The van der Waals surface area contributed by atoms with E-state index in [2.05, 4.69) is 35.3 Å². The van der Waals surface area contributed by atoms with Gasteiger partial charge in [-0.05, 0) is 33.6 Å². The molecule has 0 saturated carbocycles. The van der Waals surface area contributed by atoms with Gasteiger partial charge in [-0.1, -0.05) is 11.8 Å². The summed E-state index contributed by atoms with van der Waals surface area (Å²) < 4.78 is 63.2. The fourth-order valence-electron chi connectivity index (χ4n) is 4.26. The van der Waals surface area contributed by atoms with Gasteiger partial charge in [0.1, 0.15) is 29.7 Å². The summed E-state index contributed by atoms with van der Waals surface area (Å²) in [6, 6.07) is 0. The van der Waals surface area contributed by atoms with Crippen molar-refractivity contribution in [2.24, 2.45) is 0 Å². The minimum Gasteiger partial charge on any atom is -0.790 e. The number of nitrogens with zero attached hydrogens (tertiary/aromatic N) is 1. The molecule has 6 atom stereocenters. The second kappa shape index (κ2) is 14.6. The molecule has 2 unspecified atom stereocenters. The molecule has 45 heavy (non-hydrogen) atoms. The largest absolute Gasteiger partial charge is 0.790 e. The molecule has 2 saturated heterocycles. The Morgan fingerprint density at radius 1 is 1.04 bits per heavy atom. The molecule has 0 bridgehead atoms. The first-order valence-electron chi connectivity index (χ1n) is 13.0. The molecule has 1 aromatic rings. The summed E-state index contributed by atoms with van der Waals surface area (Å²) in [4.78, 5) is 94.5. The monoisotopic (exact) mass is 699 g/mol. The number of Topliss-reactive ketones (excluding diaryl/α,β-unsaturated/α-hetero) is 1. The molecule has 252 valence electrons. The lowest BCUT2D eigenvalue weighted by atomic mass is 10.1. The third-order valence-corrected chi connectivity index (χ3v) is 9.61. The Hall–Kier alpha value is -2.33. The Morgan fingerprint density at radius 2 is 1.69 bits per heavy atom. The fraction of sp³-hybridized carbons (Fsp3) is 0.636. The van der Waals surface area contributed by atoms with Gasteiger partial charge in [-0.15, -0.1) is 0 Å². The maximum Gasteiger partial charge on any atom is 0.330 e. The zero-order chi connectivity index (χ0) is 33.8. The van der Waals surface area contributed by atoms with Crippen LogP contribution in [0.25, 0.3) is 0 Å². The lowest BCUT2D eigenvalue weighted by Crippen LogP contribution is -2.38. The molecule has 23 heteroatoms. The van der Waals surface area contributed by atoms with Crippen LogP contribution in [-0.4, -0.2) is 58.5 Å². The number of ketones is 1. The zero-order valence-corrected chi connectivity index (χ0v) is 26.5. The van der Waals surface area contributed by atoms with Gasteiger partial charge in [0.15, 0.2) is 12.0 Å². The van der Waals surface area contributed by atoms with Gasteiger partial charge in [-0.25, -0.2) is 9.11 Å². The van der Waals surface area contributed by atoms with E-state index in [0.29, 0.717) is 19.3 Å². The van der Waals surface area contributed by atoms with E-state index in [9.17, 15) is 52.4 Å². The van der Waals surface area contributed by atoms with Gasteiger partial charge >= 0.3 is 5.69 Å². The molecular formula is C22H28N3O17P3-4. The summed E-state index contributed by atoms with van der Waals surface area (Å²) >= 11 is 0. The van der Waals surface area contributed by atoms with E-state index in [4.69, 9.17) is 14.2 Å². The summed E-state index contributed by atoms with van der Waals surface area (Å²) in [5.74, 6) is 3.50. The Morgan fingerprint density at radius 3 is 2.33 bits per heavy atom. The second-order valence-corrected chi connectivity index (χ2v) is 14.4. The van der Waals surface area contributed by atoms with E-state index < -0.39 is 71.7 Å². The van der Waals surface area contributed by atoms with Crippen molar-refractivity contribution in [1.82, 2.24) is 14.9 Å². The molecule has 3 heterocycles. The molecule has 2 fully saturated rings. The molecule has 0 spiro atoms. The number of unbranched alkanes of at least 4 members (excludes halogenated alkanes) is 1. The smallest absolute Gasteiger partial charge is 0.330 e. The quantitative estimate of drug-likeness (QED) is 0.114. The Bertz CT molecular complexity index is 1600. The average molecular weight is 699 g/mol. The number of nitrogens with one attached hydrogen (secondary N) is 2. The van der Waals surface area contributed by atoms with Crippen LogP contribution in [0.2, 0.25) is 0 Å². The molecule has 1 aromatic heterocycles. The topological polar surface area (TPSA) is 300 Å². The zero-order valence-electron chi connectivity index (χ0n) is 23.9. The number of phosphoric acid groups is 3. The van der Waals surface area contributed by atoms with E-state index in [0.717, 1.165) is 10.8 Å². The fourth-order valence-corrected chi connectivity index (χ4v) is 7.12. The van der Waals surface area contributed by atoms with Crippen molar-refractivity contribution in [3.63, 3.8) is 0 Å². The van der Waals surface area contributed by atoms with Crippen molar-refractivity contribution in [3.8, 4) is 11.8 Å². The molecule has 1 amide bonds. The number of carbonyl (C=O) groups excluding carboxylic acids is 2. The molecule has 2 N–H and O–H groups in total. The molecule has 3 rings (SSSR count). The first kappa shape index (κ1) is 37.1. The molecular weight excluding hydrogens is 671 g/mol. The van der Waals surface area contributed by atoms with Crippen LogP contribution >= 0.6 is 23.5 Å². The van der Waals surface area contributed by atoms with Crippen molar-refractivity contribution in [3.05, 3.63) is 32.6 Å². The summed E-state index contributed by atoms with van der Waals surface area (Å²) in [6.07, 6.45) is -2.38. The van der Waals surface area contributed by atoms with Gasteiger partial charge < -0.3 is 53.0 Å². The first-order valence-corrected chi connectivity index (χ1v) is 17.4. The van der Waals surface area contributed by atoms with Gasteiger partial charge in [0.2, 0.25) is 5.91 Å². The van der Waals surface area contributed by atoms with Gasteiger partial charge in [0.25, 0.3) is 21.2 Å². The van der Waals surface area contributed by atoms with Crippen LogP contribution in [0.5, 0.6) is 0 Å². The van der Waals surface area contributed by atoms with Crippen molar-refractivity contribution >= 4 is 35.2 Å². The number of carbonyl (C=O) groups is 2. The molecule has 2 aliphatic heterocycles. The van der Waals surface area contributed by atoms with Gasteiger partial charge in [-0.3, -0.25) is 32.6 Å². The van der Waals surface area contributed by atoms with Crippen LogP contribution in [0.4, 0.5) is 0 Å². The lowest BCUT2D eigenvalue weighted by Gasteiger charge is -2.37. The molecule has 2 aliphatic rings. The first-order chi connectivity index (χ1) is 20.7. The van der Waals surface area contributed by atoms with E-state index >= 15 is 0 Å². The average Bonchev–Trinajstić information content (AvgIpc) is 3.35. The maximum absolute atomic E-state index is 12.7. The number of fused-ring (bicyclic) bond motifs is 1. The third-order valence-electron chi connectivity index (χ3n) is 5.94. The molecule has 0 aliphatic carbocycles. The Kier molecular flexibility index (Phi) is 12.1. The van der Waals surface area contributed by atoms with Crippen LogP contribution in [0.1, 0.15) is 58.2 Å². The number of hydrogen-bond acceptors (Lipinski definition) is 17. The highest BCUT2D eigenvalue weighted by Crippen LogP contribution is 2.60. The number of aromatic amines is 1. The number of amides is 1. The standard InChI is InChI=1S/C22H32N3O17P3/c1-13(26)7-4-5-9-16(27)23-10-6-8-14-11-25(21(29)24-19(14)28)20-18-17(39-22(2,3)40-18)15(38-20)12-37-44(33,34)42-45(35,36)41-43(30,31)32/h11,15,17-18,20H,4-5,7,9-10,12H2,1-3H3,(H,23,27)(H,33,34)(H,35,36)(H,24,28,29)(H2,30,31,32)/p-4/t15-,17-,18-,20-/m1/s1. The lowest BCUT2D eigenvalue weighted by molar-refractivity contribution is -0.339. The highest BCUT2D eigenvalue weighted by molar-refractivity contribution is 7.64. The number of hydrogen-bond donors (Lipinski definition) is 2. The normalized spacial score (nSPS) is 25.0. The Balaban J connectivity index is 1.72.